The first-order valence-electron chi connectivity index (χ1n) is 6.83. The first kappa shape index (κ1) is 14.9. The van der Waals surface area contributed by atoms with Gasteiger partial charge in [-0.3, -0.25) is 9.69 Å². The van der Waals surface area contributed by atoms with Gasteiger partial charge in [0.05, 0.1) is 17.2 Å². The number of carbonyl (C=O) groups is 1. The number of thioether (sulfide) groups is 1. The number of nitrogens with one attached hydrogen (secondary N) is 1. The van der Waals surface area contributed by atoms with Crippen LogP contribution in [0.15, 0.2) is 47.5 Å². The van der Waals surface area contributed by atoms with Gasteiger partial charge in [-0.2, -0.15) is 0 Å². The van der Waals surface area contributed by atoms with Crippen molar-refractivity contribution in [1.29, 1.82) is 0 Å². The molecule has 0 bridgehead atoms. The maximum atomic E-state index is 12.6. The number of amides is 1. The summed E-state index contributed by atoms with van der Waals surface area (Å²) in [4.78, 5) is 17.8. The molecule has 1 aromatic carbocycles. The summed E-state index contributed by atoms with van der Waals surface area (Å²) in [6.45, 7) is 2.54. The fourth-order valence-electron chi connectivity index (χ4n) is 2.12. The number of ether oxygens (including phenoxy) is 1. The molecule has 1 amide bonds. The zero-order valence-electron chi connectivity index (χ0n) is 11.9. The summed E-state index contributed by atoms with van der Waals surface area (Å²) in [6, 6.07) is 11.2. The van der Waals surface area contributed by atoms with Crippen LogP contribution < -0.4 is 9.64 Å². The molecule has 2 aromatic rings. The Morgan fingerprint density at radius 2 is 2.09 bits per heavy atom. The lowest BCUT2D eigenvalue weighted by Crippen LogP contribution is -2.27. The molecule has 0 saturated carbocycles. The van der Waals surface area contributed by atoms with E-state index in [4.69, 9.17) is 17.0 Å². The second-order valence-corrected chi connectivity index (χ2v) is 6.25. The number of aromatic nitrogens is 1. The molecule has 1 N–H and O–H groups in total. The Kier molecular flexibility index (Phi) is 4.31. The molecule has 1 aliphatic heterocycles. The van der Waals surface area contributed by atoms with Crippen LogP contribution in [0.1, 0.15) is 12.6 Å². The third-order valence-corrected chi connectivity index (χ3v) is 4.41. The number of rotatable bonds is 4. The van der Waals surface area contributed by atoms with Crippen molar-refractivity contribution in [1.82, 2.24) is 4.98 Å². The van der Waals surface area contributed by atoms with Gasteiger partial charge in [-0.25, -0.2) is 0 Å². The molecule has 4 nitrogen and oxygen atoms in total. The van der Waals surface area contributed by atoms with E-state index in [0.717, 1.165) is 17.1 Å². The van der Waals surface area contributed by atoms with Crippen molar-refractivity contribution in [3.8, 4) is 5.75 Å². The highest BCUT2D eigenvalue weighted by Crippen LogP contribution is 2.36. The number of nitrogens with zero attached hydrogens (tertiary/aromatic N) is 1. The van der Waals surface area contributed by atoms with Crippen LogP contribution in [0, 0.1) is 0 Å². The number of anilines is 1. The Balaban J connectivity index is 1.85. The molecular formula is C16H14N2O2S2. The van der Waals surface area contributed by atoms with Crippen molar-refractivity contribution in [2.75, 3.05) is 11.5 Å². The molecule has 0 aliphatic carbocycles. The third-order valence-electron chi connectivity index (χ3n) is 3.11. The van der Waals surface area contributed by atoms with Gasteiger partial charge in [-0.1, -0.05) is 24.0 Å². The van der Waals surface area contributed by atoms with E-state index in [1.807, 2.05) is 55.6 Å². The fourth-order valence-corrected chi connectivity index (χ4v) is 3.41. The molecule has 1 aliphatic rings. The monoisotopic (exact) mass is 330 g/mol. The summed E-state index contributed by atoms with van der Waals surface area (Å²) < 4.78 is 5.95. The highest BCUT2D eigenvalue weighted by atomic mass is 32.2. The second kappa shape index (κ2) is 6.37. The molecule has 112 valence electrons. The Morgan fingerprint density at radius 3 is 2.73 bits per heavy atom. The first-order valence-corrected chi connectivity index (χ1v) is 8.05. The fraction of sp³-hybridized carbons (Fsp3) is 0.125. The molecule has 6 heteroatoms. The minimum absolute atomic E-state index is 0.103. The molecular weight excluding hydrogens is 316 g/mol. The van der Waals surface area contributed by atoms with Crippen LogP contribution in [0.5, 0.6) is 5.75 Å². The van der Waals surface area contributed by atoms with Crippen LogP contribution in [0.25, 0.3) is 6.08 Å². The van der Waals surface area contributed by atoms with Gasteiger partial charge >= 0.3 is 0 Å². The Hall–Kier alpha value is -2.05. The number of hydrogen-bond acceptors (Lipinski definition) is 4. The van der Waals surface area contributed by atoms with Gasteiger partial charge in [0.15, 0.2) is 4.32 Å². The lowest BCUT2D eigenvalue weighted by Gasteiger charge is -2.15. The maximum absolute atomic E-state index is 12.6. The highest BCUT2D eigenvalue weighted by Gasteiger charge is 2.33. The summed E-state index contributed by atoms with van der Waals surface area (Å²) in [6.07, 6.45) is 3.63. The van der Waals surface area contributed by atoms with Gasteiger partial charge < -0.3 is 9.72 Å². The van der Waals surface area contributed by atoms with Gasteiger partial charge in [-0.15, -0.1) is 0 Å². The largest absolute Gasteiger partial charge is 0.494 e. The summed E-state index contributed by atoms with van der Waals surface area (Å²) in [7, 11) is 0. The van der Waals surface area contributed by atoms with Crippen molar-refractivity contribution in [3.05, 3.63) is 53.2 Å². The Bertz CT molecular complexity index is 721. The first-order chi connectivity index (χ1) is 10.7. The summed E-state index contributed by atoms with van der Waals surface area (Å²) in [5.41, 5.74) is 1.63. The Morgan fingerprint density at radius 1 is 1.32 bits per heavy atom. The average Bonchev–Trinajstić information content (AvgIpc) is 3.10. The van der Waals surface area contributed by atoms with Crippen molar-refractivity contribution < 1.29 is 9.53 Å². The Labute approximate surface area is 138 Å². The second-order valence-electron chi connectivity index (χ2n) is 4.57. The van der Waals surface area contributed by atoms with Crippen molar-refractivity contribution in [2.45, 2.75) is 6.92 Å². The van der Waals surface area contributed by atoms with Crippen molar-refractivity contribution in [3.63, 3.8) is 0 Å². The van der Waals surface area contributed by atoms with Crippen LogP contribution in [0.3, 0.4) is 0 Å². The average molecular weight is 330 g/mol. The number of benzene rings is 1. The zero-order valence-corrected chi connectivity index (χ0v) is 13.5. The minimum atomic E-state index is -0.103. The van der Waals surface area contributed by atoms with Gasteiger partial charge in [0.1, 0.15) is 5.75 Å². The molecule has 0 unspecified atom stereocenters. The lowest BCUT2D eigenvalue weighted by atomic mass is 10.2. The summed E-state index contributed by atoms with van der Waals surface area (Å²) >= 11 is 6.65. The number of H-pyrrole nitrogens is 1. The van der Waals surface area contributed by atoms with Gasteiger partial charge in [0.25, 0.3) is 5.91 Å². The van der Waals surface area contributed by atoms with Crippen LogP contribution >= 0.6 is 24.0 Å². The van der Waals surface area contributed by atoms with E-state index in [0.29, 0.717) is 15.8 Å². The number of hydrogen-bond donors (Lipinski definition) is 1. The predicted octanol–water partition coefficient (Wildman–Crippen LogP) is 3.82. The van der Waals surface area contributed by atoms with E-state index in [1.54, 1.807) is 4.90 Å². The van der Waals surface area contributed by atoms with Crippen LogP contribution in [-0.2, 0) is 4.79 Å². The van der Waals surface area contributed by atoms with Crippen molar-refractivity contribution in [2.24, 2.45) is 0 Å². The van der Waals surface area contributed by atoms with Gasteiger partial charge in [0.2, 0.25) is 0 Å². The molecule has 0 radical (unpaired) electrons. The quantitative estimate of drug-likeness (QED) is 0.684. The van der Waals surface area contributed by atoms with Crippen LogP contribution in [0.2, 0.25) is 0 Å². The smallest absolute Gasteiger partial charge is 0.270 e. The molecule has 2 heterocycles. The van der Waals surface area contributed by atoms with Crippen molar-refractivity contribution >= 4 is 46.0 Å². The molecule has 1 fully saturated rings. The van der Waals surface area contributed by atoms with Gasteiger partial charge in [0, 0.05) is 11.9 Å². The topological polar surface area (TPSA) is 45.3 Å². The molecule has 0 atom stereocenters. The van der Waals surface area contributed by atoms with E-state index in [-0.39, 0.29) is 5.91 Å². The summed E-state index contributed by atoms with van der Waals surface area (Å²) in [5, 5.41) is 0. The van der Waals surface area contributed by atoms with Gasteiger partial charge in [-0.05, 0) is 49.4 Å². The molecule has 1 saturated heterocycles. The van der Waals surface area contributed by atoms with E-state index < -0.39 is 0 Å². The minimum Gasteiger partial charge on any atom is -0.494 e. The third kappa shape index (κ3) is 2.93. The number of carbonyl (C=O) groups excluding carboxylic acids is 1. The normalized spacial score (nSPS) is 16.6. The molecule has 3 rings (SSSR count). The number of aromatic amines is 1. The molecule has 0 spiro atoms. The SMILES string of the molecule is CCOc1ccc(N2C(=O)C(=Cc3ccc[nH]3)SC2=S)cc1. The zero-order chi connectivity index (χ0) is 15.5. The van der Waals surface area contributed by atoms with E-state index >= 15 is 0 Å². The predicted molar refractivity (Wildman–Crippen MR) is 94.1 cm³/mol. The molecule has 1 aromatic heterocycles. The van der Waals surface area contributed by atoms with Crippen LogP contribution in [0.4, 0.5) is 5.69 Å². The van der Waals surface area contributed by atoms with E-state index in [9.17, 15) is 4.79 Å². The van der Waals surface area contributed by atoms with E-state index in [1.165, 1.54) is 11.8 Å². The summed E-state index contributed by atoms with van der Waals surface area (Å²) in [5.74, 6) is 0.673. The lowest BCUT2D eigenvalue weighted by molar-refractivity contribution is -0.113. The van der Waals surface area contributed by atoms with Crippen LogP contribution in [-0.4, -0.2) is 21.8 Å². The highest BCUT2D eigenvalue weighted by molar-refractivity contribution is 8.27. The number of thiocarbonyl (C=S) groups is 1. The molecule has 22 heavy (non-hydrogen) atoms. The standard InChI is InChI=1S/C16H14N2O2S2/c1-2-20-13-7-5-12(6-8-13)18-15(19)14(22-16(18)21)10-11-4-3-9-17-11/h3-10,17H,2H2,1H3. The maximum Gasteiger partial charge on any atom is 0.270 e. The van der Waals surface area contributed by atoms with E-state index in [2.05, 4.69) is 4.98 Å².